The number of rotatable bonds is 1. The third-order valence-electron chi connectivity index (χ3n) is 3.77. The van der Waals surface area contributed by atoms with Gasteiger partial charge in [0.1, 0.15) is 0 Å². The molecule has 0 saturated carbocycles. The molecule has 1 fully saturated rings. The Morgan fingerprint density at radius 1 is 0.905 bits per heavy atom. The number of benzene rings is 1. The first-order valence-electron chi connectivity index (χ1n) is 7.71. The molecule has 1 aliphatic rings. The Morgan fingerprint density at radius 2 is 1.43 bits per heavy atom. The van der Waals surface area contributed by atoms with Crippen LogP contribution in [0, 0.1) is 0 Å². The maximum Gasteiger partial charge on any atom is 0.253 e. The Morgan fingerprint density at radius 3 is 2.00 bits per heavy atom. The predicted molar refractivity (Wildman–Crippen MR) is 85.6 cm³/mol. The summed E-state index contributed by atoms with van der Waals surface area (Å²) in [4.78, 5) is 16.8. The molecule has 0 aliphatic carbocycles. The molecule has 116 valence electrons. The van der Waals surface area contributed by atoms with Crippen LogP contribution in [0.5, 0.6) is 0 Å². The average Bonchev–Trinajstić information content (AvgIpc) is 2.51. The van der Waals surface area contributed by atoms with Crippen molar-refractivity contribution >= 4 is 5.91 Å². The highest BCUT2D eigenvalue weighted by molar-refractivity contribution is 5.94. The molecule has 1 aromatic rings. The Hall–Kier alpha value is -1.43. The lowest BCUT2D eigenvalue weighted by Gasteiger charge is -2.25. The zero-order chi connectivity index (χ0) is 14.9. The van der Waals surface area contributed by atoms with Crippen molar-refractivity contribution in [3.63, 3.8) is 0 Å². The molecular weight excluding hydrogens is 264 g/mol. The molecule has 0 radical (unpaired) electrons. The van der Waals surface area contributed by atoms with E-state index in [1.807, 2.05) is 35.2 Å². The molecular formula is C16H26N4O. The summed E-state index contributed by atoms with van der Waals surface area (Å²) in [5.41, 5.74) is 0.768. The normalized spacial score (nSPS) is 19.6. The second kappa shape index (κ2) is 8.77. The fourth-order valence-electron chi connectivity index (χ4n) is 2.41. The van der Waals surface area contributed by atoms with Crippen molar-refractivity contribution in [2.24, 2.45) is 0 Å². The Labute approximate surface area is 127 Å². The van der Waals surface area contributed by atoms with Gasteiger partial charge in [0.25, 0.3) is 5.91 Å². The largest absolute Gasteiger partial charge is 0.336 e. The SMILES string of the molecule is CN1CCNCCN(C(=O)c2ccccc2)CCNCC1. The van der Waals surface area contributed by atoms with Crippen molar-refractivity contribution in [1.82, 2.24) is 20.4 Å². The van der Waals surface area contributed by atoms with Crippen LogP contribution in [0.2, 0.25) is 0 Å². The smallest absolute Gasteiger partial charge is 0.253 e. The number of likely N-dealkylation sites (N-methyl/N-ethyl adjacent to an activating group) is 1. The van der Waals surface area contributed by atoms with Gasteiger partial charge in [0, 0.05) is 57.9 Å². The van der Waals surface area contributed by atoms with Crippen LogP contribution in [0.15, 0.2) is 30.3 Å². The van der Waals surface area contributed by atoms with Gasteiger partial charge < -0.3 is 20.4 Å². The van der Waals surface area contributed by atoms with Gasteiger partial charge in [-0.15, -0.1) is 0 Å². The summed E-state index contributed by atoms with van der Waals surface area (Å²) >= 11 is 0. The number of hydrogen-bond donors (Lipinski definition) is 2. The van der Waals surface area contributed by atoms with Crippen LogP contribution in [0.1, 0.15) is 10.4 Å². The molecule has 0 unspecified atom stereocenters. The second-order valence-electron chi connectivity index (χ2n) is 5.46. The Balaban J connectivity index is 1.92. The summed E-state index contributed by atoms with van der Waals surface area (Å²) in [5, 5.41) is 6.83. The summed E-state index contributed by atoms with van der Waals surface area (Å²) in [6, 6.07) is 9.53. The standard InChI is InChI=1S/C16H26N4O/c1-19-11-7-17-9-13-20(14-10-18-8-12-19)16(21)15-5-3-2-4-6-15/h2-6,17-18H,7-14H2,1H3. The second-order valence-corrected chi connectivity index (χ2v) is 5.46. The van der Waals surface area contributed by atoms with Crippen molar-refractivity contribution in [1.29, 1.82) is 0 Å². The lowest BCUT2D eigenvalue weighted by atomic mass is 10.2. The van der Waals surface area contributed by atoms with Crippen LogP contribution < -0.4 is 10.6 Å². The van der Waals surface area contributed by atoms with Crippen LogP contribution in [0.25, 0.3) is 0 Å². The van der Waals surface area contributed by atoms with Crippen molar-refractivity contribution in [2.45, 2.75) is 0 Å². The fourth-order valence-corrected chi connectivity index (χ4v) is 2.41. The van der Waals surface area contributed by atoms with Gasteiger partial charge >= 0.3 is 0 Å². The predicted octanol–water partition coefficient (Wildman–Crippen LogP) is 0.253. The lowest BCUT2D eigenvalue weighted by molar-refractivity contribution is 0.0756. The molecule has 21 heavy (non-hydrogen) atoms. The van der Waals surface area contributed by atoms with Crippen LogP contribution >= 0.6 is 0 Å². The van der Waals surface area contributed by atoms with Gasteiger partial charge in [-0.3, -0.25) is 4.79 Å². The third kappa shape index (κ3) is 5.46. The van der Waals surface area contributed by atoms with Crippen LogP contribution in [-0.4, -0.2) is 75.1 Å². The van der Waals surface area contributed by atoms with E-state index in [2.05, 4.69) is 22.6 Å². The van der Waals surface area contributed by atoms with Gasteiger partial charge in [0.15, 0.2) is 0 Å². The molecule has 2 N–H and O–H groups in total. The van der Waals surface area contributed by atoms with Crippen molar-refractivity contribution < 1.29 is 4.79 Å². The molecule has 0 bridgehead atoms. The van der Waals surface area contributed by atoms with Crippen LogP contribution in [-0.2, 0) is 0 Å². The molecule has 1 aromatic carbocycles. The summed E-state index contributed by atoms with van der Waals surface area (Å²) < 4.78 is 0. The van der Waals surface area contributed by atoms with E-state index < -0.39 is 0 Å². The number of carbonyl (C=O) groups excluding carboxylic acids is 1. The molecule has 5 heteroatoms. The topological polar surface area (TPSA) is 47.6 Å². The number of carbonyl (C=O) groups is 1. The summed E-state index contributed by atoms with van der Waals surface area (Å²) in [7, 11) is 2.14. The van der Waals surface area contributed by atoms with E-state index in [9.17, 15) is 4.79 Å². The number of nitrogens with one attached hydrogen (secondary N) is 2. The highest BCUT2D eigenvalue weighted by Gasteiger charge is 2.15. The van der Waals surface area contributed by atoms with Crippen molar-refractivity contribution in [3.05, 3.63) is 35.9 Å². The van der Waals surface area contributed by atoms with Crippen LogP contribution in [0.4, 0.5) is 0 Å². The Kier molecular flexibility index (Phi) is 6.66. The molecule has 1 aliphatic heterocycles. The lowest BCUT2D eigenvalue weighted by Crippen LogP contribution is -2.44. The molecule has 0 atom stereocenters. The van der Waals surface area contributed by atoms with E-state index in [-0.39, 0.29) is 5.91 Å². The van der Waals surface area contributed by atoms with Crippen molar-refractivity contribution in [2.75, 3.05) is 59.4 Å². The highest BCUT2D eigenvalue weighted by Crippen LogP contribution is 2.04. The molecule has 1 amide bonds. The minimum Gasteiger partial charge on any atom is -0.336 e. The summed E-state index contributed by atoms with van der Waals surface area (Å²) in [6.45, 7) is 7.17. The van der Waals surface area contributed by atoms with E-state index in [0.29, 0.717) is 0 Å². The quantitative estimate of drug-likeness (QED) is 0.779. The summed E-state index contributed by atoms with van der Waals surface area (Å²) in [5.74, 6) is 0.119. The van der Waals surface area contributed by atoms with Crippen LogP contribution in [0.3, 0.4) is 0 Å². The van der Waals surface area contributed by atoms with Gasteiger partial charge in [-0.05, 0) is 19.2 Å². The summed E-state index contributed by atoms with van der Waals surface area (Å²) in [6.07, 6.45) is 0. The minimum atomic E-state index is 0.119. The molecule has 5 nitrogen and oxygen atoms in total. The first-order valence-corrected chi connectivity index (χ1v) is 7.71. The number of amides is 1. The molecule has 0 aromatic heterocycles. The maximum absolute atomic E-state index is 12.5. The first kappa shape index (κ1) is 15.9. The van der Waals surface area contributed by atoms with Gasteiger partial charge in [-0.2, -0.15) is 0 Å². The average molecular weight is 290 g/mol. The van der Waals surface area contributed by atoms with E-state index in [0.717, 1.165) is 57.9 Å². The third-order valence-corrected chi connectivity index (χ3v) is 3.77. The first-order chi connectivity index (χ1) is 10.3. The zero-order valence-corrected chi connectivity index (χ0v) is 12.8. The highest BCUT2D eigenvalue weighted by atomic mass is 16.2. The van der Waals surface area contributed by atoms with E-state index in [4.69, 9.17) is 0 Å². The molecule has 1 heterocycles. The Bertz CT molecular complexity index is 410. The molecule has 2 rings (SSSR count). The van der Waals surface area contributed by atoms with Gasteiger partial charge in [-0.25, -0.2) is 0 Å². The monoisotopic (exact) mass is 290 g/mol. The molecule has 0 spiro atoms. The molecule has 1 saturated heterocycles. The van der Waals surface area contributed by atoms with Gasteiger partial charge in [0.2, 0.25) is 0 Å². The van der Waals surface area contributed by atoms with E-state index in [1.165, 1.54) is 0 Å². The number of nitrogens with zero attached hydrogens (tertiary/aromatic N) is 2. The van der Waals surface area contributed by atoms with Gasteiger partial charge in [-0.1, -0.05) is 18.2 Å². The fraction of sp³-hybridized carbons (Fsp3) is 0.562. The van der Waals surface area contributed by atoms with Crippen molar-refractivity contribution in [3.8, 4) is 0 Å². The number of hydrogen-bond acceptors (Lipinski definition) is 4. The van der Waals surface area contributed by atoms with Gasteiger partial charge in [0.05, 0.1) is 0 Å². The minimum absolute atomic E-state index is 0.119. The van der Waals surface area contributed by atoms with E-state index in [1.54, 1.807) is 0 Å². The van der Waals surface area contributed by atoms with E-state index >= 15 is 0 Å². The maximum atomic E-state index is 12.5. The zero-order valence-electron chi connectivity index (χ0n) is 12.8.